The van der Waals surface area contributed by atoms with Gasteiger partial charge in [-0.2, -0.15) is 13.2 Å². The summed E-state index contributed by atoms with van der Waals surface area (Å²) in [6.45, 7) is 0. The van der Waals surface area contributed by atoms with E-state index in [2.05, 4.69) is 26.2 Å². The van der Waals surface area contributed by atoms with Crippen LogP contribution >= 0.6 is 27.3 Å². The largest absolute Gasteiger partial charge is 0.452 e. The maximum Gasteiger partial charge on any atom is 0.443 e. The molecule has 0 saturated heterocycles. The molecule has 0 aliphatic heterocycles. The average molecular weight is 341 g/mol. The van der Waals surface area contributed by atoms with Gasteiger partial charge in [0, 0.05) is 11.1 Å². The molecule has 0 aliphatic carbocycles. The Bertz CT molecular complexity index is 537. The summed E-state index contributed by atoms with van der Waals surface area (Å²) in [5, 5.41) is 2.04. The topological polar surface area (TPSA) is 38.1 Å². The van der Waals surface area contributed by atoms with Gasteiger partial charge in [-0.1, -0.05) is 0 Å². The number of alkyl halides is 3. The van der Waals surface area contributed by atoms with Gasteiger partial charge in [-0.05, 0) is 35.1 Å². The summed E-state index contributed by atoms with van der Waals surface area (Å²) in [6, 6.07) is 2.94. The molecule has 0 amide bonds. The second-order valence-corrected chi connectivity index (χ2v) is 5.27. The van der Waals surface area contributed by atoms with Crippen LogP contribution in [0.25, 0.3) is 0 Å². The molecule has 0 aliphatic rings. The Morgan fingerprint density at radius 3 is 2.61 bits per heavy atom. The SMILES string of the molecule is CNC(c1ccc(Br)o1)c1cnc(C(F)(F)F)s1. The van der Waals surface area contributed by atoms with Crippen molar-refractivity contribution >= 4 is 27.3 Å². The Balaban J connectivity index is 2.31. The van der Waals surface area contributed by atoms with Gasteiger partial charge in [-0.15, -0.1) is 11.3 Å². The molecule has 0 aromatic carbocycles. The van der Waals surface area contributed by atoms with Crippen LogP contribution in [0.5, 0.6) is 0 Å². The van der Waals surface area contributed by atoms with Crippen LogP contribution in [0.3, 0.4) is 0 Å². The number of nitrogens with zero attached hydrogens (tertiary/aromatic N) is 1. The van der Waals surface area contributed by atoms with E-state index in [1.807, 2.05) is 0 Å². The number of rotatable bonds is 3. The lowest BCUT2D eigenvalue weighted by atomic mass is 10.2. The van der Waals surface area contributed by atoms with Crippen molar-refractivity contribution in [3.8, 4) is 0 Å². The predicted molar refractivity (Wildman–Crippen MR) is 64.4 cm³/mol. The zero-order valence-electron chi connectivity index (χ0n) is 9.08. The molecule has 18 heavy (non-hydrogen) atoms. The van der Waals surface area contributed by atoms with Gasteiger partial charge in [-0.25, -0.2) is 4.98 Å². The van der Waals surface area contributed by atoms with Crippen molar-refractivity contribution in [2.75, 3.05) is 7.05 Å². The molecule has 0 radical (unpaired) electrons. The number of hydrogen-bond acceptors (Lipinski definition) is 4. The smallest absolute Gasteiger partial charge is 0.443 e. The maximum absolute atomic E-state index is 12.5. The van der Waals surface area contributed by atoms with Gasteiger partial charge in [0.05, 0.1) is 0 Å². The molecule has 3 nitrogen and oxygen atoms in total. The first-order valence-electron chi connectivity index (χ1n) is 4.87. The summed E-state index contributed by atoms with van der Waals surface area (Å²) in [4.78, 5) is 3.84. The fourth-order valence-electron chi connectivity index (χ4n) is 1.46. The Hall–Kier alpha value is -0.860. The quantitative estimate of drug-likeness (QED) is 0.922. The fourth-order valence-corrected chi connectivity index (χ4v) is 2.68. The van der Waals surface area contributed by atoms with E-state index in [9.17, 15) is 13.2 Å². The third-order valence-electron chi connectivity index (χ3n) is 2.22. The van der Waals surface area contributed by atoms with Crippen LogP contribution in [0, 0.1) is 0 Å². The molecule has 2 heterocycles. The molecule has 0 spiro atoms. The van der Waals surface area contributed by atoms with E-state index in [0.717, 1.165) is 0 Å². The standard InChI is InChI=1S/C10H8BrF3N2OS/c1-15-8(5-2-3-7(11)17-5)6-4-16-9(18-6)10(12,13)14/h2-4,8,15H,1H3. The number of hydrogen-bond donors (Lipinski definition) is 1. The van der Waals surface area contributed by atoms with Gasteiger partial charge in [0.2, 0.25) is 0 Å². The highest BCUT2D eigenvalue weighted by Gasteiger charge is 2.35. The maximum atomic E-state index is 12.5. The zero-order valence-corrected chi connectivity index (χ0v) is 11.5. The van der Waals surface area contributed by atoms with Gasteiger partial charge in [0.25, 0.3) is 0 Å². The second-order valence-electron chi connectivity index (χ2n) is 3.43. The van der Waals surface area contributed by atoms with Crippen molar-refractivity contribution in [1.82, 2.24) is 10.3 Å². The minimum atomic E-state index is -4.41. The highest BCUT2D eigenvalue weighted by Crippen LogP contribution is 2.36. The first-order chi connectivity index (χ1) is 8.41. The van der Waals surface area contributed by atoms with Crippen LogP contribution in [-0.4, -0.2) is 12.0 Å². The average Bonchev–Trinajstić information content (AvgIpc) is 2.88. The molecule has 98 valence electrons. The molecular formula is C10H8BrF3N2OS. The lowest BCUT2D eigenvalue weighted by Gasteiger charge is -2.10. The third kappa shape index (κ3) is 2.76. The van der Waals surface area contributed by atoms with Crippen molar-refractivity contribution < 1.29 is 17.6 Å². The predicted octanol–water partition coefficient (Wildman–Crippen LogP) is 3.83. The molecule has 0 fully saturated rings. The van der Waals surface area contributed by atoms with E-state index in [0.29, 0.717) is 26.6 Å². The number of furan rings is 1. The first-order valence-corrected chi connectivity index (χ1v) is 6.48. The molecule has 2 rings (SSSR count). The lowest BCUT2D eigenvalue weighted by molar-refractivity contribution is -0.137. The van der Waals surface area contributed by atoms with E-state index in [1.165, 1.54) is 6.20 Å². The van der Waals surface area contributed by atoms with Gasteiger partial charge in [-0.3, -0.25) is 0 Å². The summed E-state index contributed by atoms with van der Waals surface area (Å²) in [7, 11) is 1.65. The summed E-state index contributed by atoms with van der Waals surface area (Å²) >= 11 is 3.76. The molecule has 1 N–H and O–H groups in total. The molecule has 0 bridgehead atoms. The van der Waals surface area contributed by atoms with Crippen molar-refractivity contribution in [2.24, 2.45) is 0 Å². The molecule has 2 aromatic rings. The molecular weight excluding hydrogens is 333 g/mol. The Morgan fingerprint density at radius 2 is 2.17 bits per heavy atom. The summed E-state index contributed by atoms with van der Waals surface area (Å²) in [6.07, 6.45) is -3.20. The number of halogens is 4. The first kappa shape index (κ1) is 13.6. The number of thiazole rings is 1. The normalized spacial score (nSPS) is 13.8. The number of nitrogens with one attached hydrogen (secondary N) is 1. The monoisotopic (exact) mass is 340 g/mol. The van der Waals surface area contributed by atoms with Gasteiger partial charge < -0.3 is 9.73 Å². The summed E-state index contributed by atoms with van der Waals surface area (Å²) < 4.78 is 43.3. The molecule has 0 saturated carbocycles. The summed E-state index contributed by atoms with van der Waals surface area (Å²) in [5.74, 6) is 0.529. The van der Waals surface area contributed by atoms with Gasteiger partial charge >= 0.3 is 6.18 Å². The third-order valence-corrected chi connectivity index (χ3v) is 3.75. The van der Waals surface area contributed by atoms with E-state index >= 15 is 0 Å². The second kappa shape index (κ2) is 5.02. The molecule has 1 atom stereocenters. The van der Waals surface area contributed by atoms with Crippen molar-refractivity contribution in [1.29, 1.82) is 0 Å². The Morgan fingerprint density at radius 1 is 1.44 bits per heavy atom. The zero-order chi connectivity index (χ0) is 13.3. The summed E-state index contributed by atoms with van der Waals surface area (Å²) in [5.41, 5.74) is 0. The van der Waals surface area contributed by atoms with Crippen LogP contribution in [0.15, 0.2) is 27.4 Å². The molecule has 2 aromatic heterocycles. The van der Waals surface area contributed by atoms with Crippen molar-refractivity contribution in [3.05, 3.63) is 38.6 Å². The highest BCUT2D eigenvalue weighted by atomic mass is 79.9. The van der Waals surface area contributed by atoms with E-state index < -0.39 is 17.2 Å². The van der Waals surface area contributed by atoms with Crippen LogP contribution in [-0.2, 0) is 6.18 Å². The van der Waals surface area contributed by atoms with Crippen LogP contribution in [0.4, 0.5) is 13.2 Å². The van der Waals surface area contributed by atoms with Crippen molar-refractivity contribution in [3.63, 3.8) is 0 Å². The van der Waals surface area contributed by atoms with Crippen LogP contribution in [0.1, 0.15) is 21.7 Å². The van der Waals surface area contributed by atoms with Crippen LogP contribution in [0.2, 0.25) is 0 Å². The Labute approximate surface area is 113 Å². The molecule has 8 heteroatoms. The fraction of sp³-hybridized carbons (Fsp3) is 0.300. The molecule has 1 unspecified atom stereocenters. The lowest BCUT2D eigenvalue weighted by Crippen LogP contribution is -2.15. The van der Waals surface area contributed by atoms with Crippen molar-refractivity contribution in [2.45, 2.75) is 12.2 Å². The van der Waals surface area contributed by atoms with E-state index in [4.69, 9.17) is 4.42 Å². The van der Waals surface area contributed by atoms with E-state index in [-0.39, 0.29) is 0 Å². The Kier molecular flexibility index (Phi) is 3.79. The minimum absolute atomic E-state index is 0.440. The van der Waals surface area contributed by atoms with Gasteiger partial charge in [0.1, 0.15) is 11.8 Å². The van der Waals surface area contributed by atoms with Crippen LogP contribution < -0.4 is 5.32 Å². The number of aromatic nitrogens is 1. The van der Waals surface area contributed by atoms with Gasteiger partial charge in [0.15, 0.2) is 9.68 Å². The highest BCUT2D eigenvalue weighted by molar-refractivity contribution is 9.10. The van der Waals surface area contributed by atoms with E-state index in [1.54, 1.807) is 19.2 Å². The minimum Gasteiger partial charge on any atom is -0.452 e.